The summed E-state index contributed by atoms with van der Waals surface area (Å²) in [6.07, 6.45) is -3.31. The van der Waals surface area contributed by atoms with E-state index in [1.807, 2.05) is 0 Å². The lowest BCUT2D eigenvalue weighted by molar-refractivity contribution is -0.305. The van der Waals surface area contributed by atoms with Gasteiger partial charge in [0.2, 0.25) is 5.43 Å². The van der Waals surface area contributed by atoms with E-state index in [0.717, 1.165) is 11.0 Å². The third-order valence-electron chi connectivity index (χ3n) is 6.55. The molecule has 0 unspecified atom stereocenters. The van der Waals surface area contributed by atoms with Crippen LogP contribution < -0.4 is 15.6 Å². The summed E-state index contributed by atoms with van der Waals surface area (Å²) in [5, 5.41) is 10.9. The Hall–Kier alpha value is -3.75. The molecule has 0 aliphatic carbocycles. The molecule has 0 radical (unpaired) electrons. The van der Waals surface area contributed by atoms with Gasteiger partial charge in [-0.1, -0.05) is 0 Å². The molecule has 0 aromatic carbocycles. The number of carbonyl (C=O) groups is 1. The molecule has 0 spiro atoms. The molecule has 15 heteroatoms. The van der Waals surface area contributed by atoms with Gasteiger partial charge in [0.1, 0.15) is 22.7 Å². The third kappa shape index (κ3) is 4.90. The molecule has 1 atom stereocenters. The van der Waals surface area contributed by atoms with Gasteiger partial charge in [0.15, 0.2) is 17.3 Å². The van der Waals surface area contributed by atoms with Crippen molar-refractivity contribution in [3.05, 3.63) is 58.0 Å². The summed E-state index contributed by atoms with van der Waals surface area (Å²) >= 11 is 0. The highest BCUT2D eigenvalue weighted by Gasteiger charge is 2.67. The molecule has 4 heterocycles. The average Bonchev–Trinajstić information content (AvgIpc) is 3.32. The van der Waals surface area contributed by atoms with Gasteiger partial charge in [0.25, 0.3) is 5.91 Å². The van der Waals surface area contributed by atoms with Crippen molar-refractivity contribution in [3.8, 4) is 5.82 Å². The van der Waals surface area contributed by atoms with Crippen LogP contribution in [-0.2, 0) is 0 Å². The molecular formula is C24H22F7N5O3. The first kappa shape index (κ1) is 28.3. The Morgan fingerprint density at radius 2 is 1.87 bits per heavy atom. The van der Waals surface area contributed by atoms with Crippen molar-refractivity contribution < 1.29 is 40.6 Å². The van der Waals surface area contributed by atoms with E-state index in [9.17, 15) is 45.4 Å². The highest BCUT2D eigenvalue weighted by Crippen LogP contribution is 2.43. The molecule has 1 fully saturated rings. The Labute approximate surface area is 216 Å². The first-order chi connectivity index (χ1) is 18.1. The monoisotopic (exact) mass is 561 g/mol. The van der Waals surface area contributed by atoms with Crippen LogP contribution in [0, 0.1) is 11.6 Å². The molecule has 0 bridgehead atoms. The van der Waals surface area contributed by atoms with Crippen LogP contribution in [0.4, 0.5) is 36.6 Å². The Bertz CT molecular complexity index is 1490. The van der Waals surface area contributed by atoms with E-state index in [4.69, 9.17) is 0 Å². The van der Waals surface area contributed by atoms with Gasteiger partial charge in [-0.2, -0.15) is 22.0 Å². The lowest BCUT2D eigenvalue weighted by Gasteiger charge is -2.35. The molecule has 39 heavy (non-hydrogen) atoms. The number of amides is 1. The summed E-state index contributed by atoms with van der Waals surface area (Å²) in [6.45, 7) is 1.17. The number of pyridine rings is 3. The van der Waals surface area contributed by atoms with Gasteiger partial charge >= 0.3 is 12.1 Å². The summed E-state index contributed by atoms with van der Waals surface area (Å²) in [7, 11) is 0. The highest BCUT2D eigenvalue weighted by molar-refractivity contribution is 5.97. The van der Waals surface area contributed by atoms with E-state index in [2.05, 4.69) is 9.97 Å². The van der Waals surface area contributed by atoms with Crippen LogP contribution in [0.1, 0.15) is 37.0 Å². The molecule has 1 saturated heterocycles. The normalized spacial score (nSPS) is 16.7. The Morgan fingerprint density at radius 3 is 2.49 bits per heavy atom. The van der Waals surface area contributed by atoms with Gasteiger partial charge in [-0.25, -0.2) is 18.7 Å². The van der Waals surface area contributed by atoms with Crippen molar-refractivity contribution in [2.75, 3.05) is 18.1 Å². The summed E-state index contributed by atoms with van der Waals surface area (Å²) in [6, 6.07) is 2.78. The zero-order valence-electron chi connectivity index (χ0n) is 20.5. The number of nitrogens with zero attached hydrogens (tertiary/aromatic N) is 4. The van der Waals surface area contributed by atoms with Crippen LogP contribution in [0.2, 0.25) is 0 Å². The fourth-order valence-corrected chi connectivity index (χ4v) is 4.37. The standard InChI is InChI=1S/C24H22F7N5O3/c1-22(2,23(27,28)24(29,30)31)34-21(39)15-10-36(20-16(26)8-12(25)9-32-20)19-14(18(15)38)5-6-17(33-19)35-7-3-4-13(35)11-37/h5-6,8-10,13,37H,3-4,7,11H2,1-2H3,(H,34,39)/t13-/m1/s1. The molecular weight excluding hydrogens is 539 g/mol. The largest absolute Gasteiger partial charge is 0.455 e. The number of carbonyl (C=O) groups excluding carboxylic acids is 1. The van der Waals surface area contributed by atoms with Crippen LogP contribution in [0.25, 0.3) is 16.9 Å². The summed E-state index contributed by atoms with van der Waals surface area (Å²) < 4.78 is 96.2. The fourth-order valence-electron chi connectivity index (χ4n) is 4.37. The van der Waals surface area contributed by atoms with Crippen LogP contribution in [-0.4, -0.2) is 62.4 Å². The molecule has 1 aliphatic heterocycles. The first-order valence-corrected chi connectivity index (χ1v) is 11.6. The zero-order chi connectivity index (χ0) is 28.9. The van der Waals surface area contributed by atoms with Gasteiger partial charge < -0.3 is 15.3 Å². The topological polar surface area (TPSA) is 100 Å². The number of alkyl halides is 5. The molecule has 0 saturated carbocycles. The van der Waals surface area contributed by atoms with Gasteiger partial charge in [0, 0.05) is 18.8 Å². The molecule has 4 rings (SSSR count). The fraction of sp³-hybridized carbons (Fsp3) is 0.417. The number of rotatable bonds is 6. The quantitative estimate of drug-likeness (QED) is 0.445. The number of aromatic nitrogens is 3. The lowest BCUT2D eigenvalue weighted by Crippen LogP contribution is -2.62. The van der Waals surface area contributed by atoms with Gasteiger partial charge in [-0.15, -0.1) is 0 Å². The molecule has 1 aliphatic rings. The highest BCUT2D eigenvalue weighted by atomic mass is 19.4. The van der Waals surface area contributed by atoms with E-state index >= 15 is 0 Å². The Morgan fingerprint density at radius 1 is 1.18 bits per heavy atom. The van der Waals surface area contributed by atoms with Crippen molar-refractivity contribution in [2.24, 2.45) is 0 Å². The second-order valence-corrected chi connectivity index (χ2v) is 9.56. The molecule has 210 valence electrons. The number of aliphatic hydroxyl groups is 1. The second kappa shape index (κ2) is 9.77. The van der Waals surface area contributed by atoms with E-state index < -0.39 is 52.0 Å². The van der Waals surface area contributed by atoms with Gasteiger partial charge in [-0.3, -0.25) is 14.2 Å². The molecule has 1 amide bonds. The SMILES string of the molecule is CC(C)(NC(=O)c1cn(-c2ncc(F)cc2F)c2nc(N3CCC[C@@H]3CO)ccc2c1=O)C(F)(F)C(F)(F)F. The maximum Gasteiger partial charge on any atom is 0.455 e. The summed E-state index contributed by atoms with van der Waals surface area (Å²) in [5.74, 6) is -9.62. The number of aliphatic hydroxyl groups excluding tert-OH is 1. The third-order valence-corrected chi connectivity index (χ3v) is 6.55. The number of anilines is 1. The van der Waals surface area contributed by atoms with Crippen molar-refractivity contribution in [2.45, 2.75) is 50.4 Å². The van der Waals surface area contributed by atoms with Crippen LogP contribution in [0.3, 0.4) is 0 Å². The van der Waals surface area contributed by atoms with Crippen LogP contribution in [0.5, 0.6) is 0 Å². The van der Waals surface area contributed by atoms with Crippen molar-refractivity contribution >= 4 is 22.8 Å². The second-order valence-electron chi connectivity index (χ2n) is 9.56. The van der Waals surface area contributed by atoms with E-state index in [1.54, 1.807) is 10.2 Å². The van der Waals surface area contributed by atoms with Gasteiger partial charge in [-0.05, 0) is 38.8 Å². The van der Waals surface area contributed by atoms with Crippen molar-refractivity contribution in [1.82, 2.24) is 19.9 Å². The smallest absolute Gasteiger partial charge is 0.394 e. The molecule has 8 nitrogen and oxygen atoms in total. The van der Waals surface area contributed by atoms with Crippen LogP contribution >= 0.6 is 0 Å². The predicted octanol–water partition coefficient (Wildman–Crippen LogP) is 3.73. The summed E-state index contributed by atoms with van der Waals surface area (Å²) in [4.78, 5) is 35.9. The number of halogens is 7. The predicted molar refractivity (Wildman–Crippen MR) is 125 cm³/mol. The van der Waals surface area contributed by atoms with E-state index in [1.165, 1.54) is 12.1 Å². The van der Waals surface area contributed by atoms with Crippen LogP contribution in [0.15, 0.2) is 35.4 Å². The number of hydrogen-bond acceptors (Lipinski definition) is 6. The minimum absolute atomic E-state index is 0.196. The maximum atomic E-state index is 14.8. The zero-order valence-corrected chi connectivity index (χ0v) is 20.5. The number of hydrogen-bond donors (Lipinski definition) is 2. The first-order valence-electron chi connectivity index (χ1n) is 11.6. The minimum atomic E-state index is -6.02. The maximum absolute atomic E-state index is 14.8. The molecule has 3 aromatic heterocycles. The average molecular weight is 561 g/mol. The number of fused-ring (bicyclic) bond motifs is 1. The van der Waals surface area contributed by atoms with Crippen molar-refractivity contribution in [1.29, 1.82) is 0 Å². The van der Waals surface area contributed by atoms with Crippen molar-refractivity contribution in [3.63, 3.8) is 0 Å². The van der Waals surface area contributed by atoms with E-state index in [0.29, 0.717) is 45.3 Å². The minimum Gasteiger partial charge on any atom is -0.394 e. The lowest BCUT2D eigenvalue weighted by atomic mass is 9.95. The molecule has 2 N–H and O–H groups in total. The summed E-state index contributed by atoms with van der Waals surface area (Å²) in [5.41, 5.74) is -5.45. The Kier molecular flexibility index (Phi) is 7.08. The Balaban J connectivity index is 1.90. The molecule has 3 aromatic rings. The van der Waals surface area contributed by atoms with Gasteiger partial charge in [0.05, 0.1) is 24.2 Å². The number of nitrogens with one attached hydrogen (secondary N) is 1. The van der Waals surface area contributed by atoms with E-state index in [-0.39, 0.29) is 29.5 Å².